The van der Waals surface area contributed by atoms with E-state index in [0.717, 1.165) is 32.1 Å². The molecule has 0 amide bonds. The van der Waals surface area contributed by atoms with Gasteiger partial charge < -0.3 is 109 Å². The van der Waals surface area contributed by atoms with Gasteiger partial charge in [-0.2, -0.15) is 0 Å². The largest absolute Gasteiger partial charge is 0.394 e. The third-order valence-corrected chi connectivity index (χ3v) is 19.9. The molecule has 6 heterocycles. The van der Waals surface area contributed by atoms with Gasteiger partial charge in [-0.05, 0) is 93.3 Å². The maximum Gasteiger partial charge on any atom is 0.187 e. The second-order valence-electron chi connectivity index (χ2n) is 24.0. The molecule has 3 saturated carbocycles. The van der Waals surface area contributed by atoms with Crippen molar-refractivity contribution in [2.24, 2.45) is 46.3 Å². The maximum absolute atomic E-state index is 11.8. The molecule has 32 unspecified atom stereocenters. The molecule has 0 bridgehead atoms. The molecular formula is C51H82O22. The third kappa shape index (κ3) is 9.32. The highest BCUT2D eigenvalue weighted by atomic mass is 16.8. The average molecular weight is 1050 g/mol. The van der Waals surface area contributed by atoms with Gasteiger partial charge in [-0.25, -0.2) is 0 Å². The van der Waals surface area contributed by atoms with Crippen LogP contribution in [-0.2, 0) is 47.4 Å². The monoisotopic (exact) mass is 1050 g/mol. The molecular weight excluding hydrogens is 965 g/mol. The SMILES string of the molecule is CC1COC2(CC1O)OC1CC3C4CC=C5CC(OC6OC(CO)C(O)C(OC7OC(C)C(OC8OC(CO)C(O)C(O)C8O)C(O)C7O)C6OC6OC(C)C(O)C(O)C6O)CCC5(C)C4CCC3(C)C1C2C. The lowest BCUT2D eigenvalue weighted by Gasteiger charge is -2.59. The van der Waals surface area contributed by atoms with Crippen molar-refractivity contribution in [3.05, 3.63) is 11.6 Å². The molecule has 22 heteroatoms. The van der Waals surface area contributed by atoms with Crippen LogP contribution >= 0.6 is 0 Å². The van der Waals surface area contributed by atoms with Gasteiger partial charge in [0.15, 0.2) is 30.9 Å². The molecule has 0 aromatic carbocycles. The first-order chi connectivity index (χ1) is 34.5. The summed E-state index contributed by atoms with van der Waals surface area (Å²) in [5, 5.41) is 130. The fourth-order valence-corrected chi connectivity index (χ4v) is 15.5. The van der Waals surface area contributed by atoms with Crippen molar-refractivity contribution in [2.75, 3.05) is 19.8 Å². The minimum Gasteiger partial charge on any atom is -0.394 e. The van der Waals surface area contributed by atoms with E-state index in [2.05, 4.69) is 26.8 Å². The topological polar surface area (TPSA) is 335 Å². The van der Waals surface area contributed by atoms with Gasteiger partial charge >= 0.3 is 0 Å². The van der Waals surface area contributed by atoms with E-state index in [4.69, 9.17) is 47.4 Å². The number of aliphatic hydroxyl groups is 12. The molecule has 418 valence electrons. The summed E-state index contributed by atoms with van der Waals surface area (Å²) in [7, 11) is 0. The van der Waals surface area contributed by atoms with Crippen LogP contribution in [0.25, 0.3) is 0 Å². The Morgan fingerprint density at radius 3 is 1.89 bits per heavy atom. The summed E-state index contributed by atoms with van der Waals surface area (Å²) in [6, 6.07) is 0. The normalized spacial score (nSPS) is 58.2. The summed E-state index contributed by atoms with van der Waals surface area (Å²) in [4.78, 5) is 0. The van der Waals surface area contributed by atoms with Crippen molar-refractivity contribution in [1.29, 1.82) is 0 Å². The highest BCUT2D eigenvalue weighted by Crippen LogP contribution is 2.71. The first-order valence-electron chi connectivity index (χ1n) is 26.8. The number of aliphatic hydroxyl groups excluding tert-OH is 12. The number of hydrogen-bond donors (Lipinski definition) is 12. The van der Waals surface area contributed by atoms with Crippen LogP contribution in [0, 0.1) is 46.3 Å². The molecule has 32 atom stereocenters. The standard InChI is InChI=1S/C51H82O22/c1-19-18-64-51(15-28(19)54)20(2)32-29(73-51)14-27-25-8-7-23-13-24(9-11-49(23,5)26(25)10-12-50(27,32)6)67-48-44(72-45-39(61)36(58)33(55)21(3)65-45)43(35(57)31(17-53)69-48)71-46-41(63)38(60)42(22(4)66-46)70-47-40(62)37(59)34(56)30(16-52)68-47/h7,19-22,24-48,52-63H,8-18H2,1-6H3. The zero-order chi connectivity index (χ0) is 52.4. The van der Waals surface area contributed by atoms with Crippen molar-refractivity contribution in [1.82, 2.24) is 0 Å². The zero-order valence-electron chi connectivity index (χ0n) is 42.5. The molecule has 9 fully saturated rings. The average Bonchev–Trinajstić information content (AvgIpc) is 3.81. The molecule has 1 spiro atoms. The molecule has 0 radical (unpaired) electrons. The highest BCUT2D eigenvalue weighted by molar-refractivity contribution is 5.26. The fraction of sp³-hybridized carbons (Fsp3) is 0.961. The Morgan fingerprint density at radius 1 is 0.603 bits per heavy atom. The number of ether oxygens (including phenoxy) is 10. The smallest absolute Gasteiger partial charge is 0.187 e. The first-order valence-corrected chi connectivity index (χ1v) is 26.8. The van der Waals surface area contributed by atoms with Crippen LogP contribution in [0.5, 0.6) is 0 Å². The third-order valence-electron chi connectivity index (χ3n) is 19.9. The maximum atomic E-state index is 11.8. The lowest BCUT2D eigenvalue weighted by molar-refractivity contribution is -0.398. The minimum absolute atomic E-state index is 0.0633. The molecule has 10 aliphatic rings. The van der Waals surface area contributed by atoms with Crippen LogP contribution in [-0.4, -0.2) is 228 Å². The number of hydrogen-bond acceptors (Lipinski definition) is 22. The van der Waals surface area contributed by atoms with Crippen molar-refractivity contribution in [3.63, 3.8) is 0 Å². The Morgan fingerprint density at radius 2 is 1.21 bits per heavy atom. The highest BCUT2D eigenvalue weighted by Gasteiger charge is 2.69. The molecule has 4 aliphatic carbocycles. The van der Waals surface area contributed by atoms with Gasteiger partial charge in [0, 0.05) is 18.3 Å². The van der Waals surface area contributed by atoms with E-state index in [0.29, 0.717) is 49.5 Å². The van der Waals surface area contributed by atoms with Crippen molar-refractivity contribution >= 4 is 0 Å². The molecule has 22 nitrogen and oxygen atoms in total. The van der Waals surface area contributed by atoms with E-state index in [1.807, 2.05) is 6.92 Å². The fourth-order valence-electron chi connectivity index (χ4n) is 15.5. The van der Waals surface area contributed by atoms with Crippen molar-refractivity contribution in [2.45, 2.75) is 240 Å². The predicted octanol–water partition coefficient (Wildman–Crippen LogP) is -1.96. The van der Waals surface area contributed by atoms with E-state index < -0.39 is 154 Å². The summed E-state index contributed by atoms with van der Waals surface area (Å²) in [5.74, 6) is 1.14. The summed E-state index contributed by atoms with van der Waals surface area (Å²) in [6.45, 7) is 11.1. The number of rotatable bonds is 10. The van der Waals surface area contributed by atoms with Crippen molar-refractivity contribution in [3.8, 4) is 0 Å². The lowest BCUT2D eigenvalue weighted by Crippen LogP contribution is -2.67. The quantitative estimate of drug-likeness (QED) is 0.106. The molecule has 0 aromatic heterocycles. The van der Waals surface area contributed by atoms with E-state index in [-0.39, 0.29) is 28.8 Å². The zero-order valence-corrected chi connectivity index (χ0v) is 42.5. The van der Waals surface area contributed by atoms with E-state index >= 15 is 0 Å². The molecule has 73 heavy (non-hydrogen) atoms. The summed E-state index contributed by atoms with van der Waals surface area (Å²) < 4.78 is 62.2. The molecule has 10 rings (SSSR count). The summed E-state index contributed by atoms with van der Waals surface area (Å²) in [5.41, 5.74) is 1.21. The molecule has 6 aliphatic heterocycles. The lowest BCUT2D eigenvalue weighted by atomic mass is 9.47. The Balaban J connectivity index is 0.860. The van der Waals surface area contributed by atoms with Crippen LogP contribution < -0.4 is 0 Å². The second kappa shape index (κ2) is 20.8. The molecule has 12 N–H and O–H groups in total. The summed E-state index contributed by atoms with van der Waals surface area (Å²) in [6.07, 6.45) is -23.8. The first kappa shape index (κ1) is 55.2. The summed E-state index contributed by atoms with van der Waals surface area (Å²) >= 11 is 0. The van der Waals surface area contributed by atoms with Gasteiger partial charge in [0.05, 0.1) is 50.3 Å². The van der Waals surface area contributed by atoms with Gasteiger partial charge in [-0.1, -0.05) is 39.3 Å². The van der Waals surface area contributed by atoms with Crippen LogP contribution in [0.2, 0.25) is 0 Å². The Hall–Kier alpha value is -1.14. The van der Waals surface area contributed by atoms with E-state index in [9.17, 15) is 61.3 Å². The van der Waals surface area contributed by atoms with Crippen LogP contribution in [0.4, 0.5) is 0 Å². The molecule has 6 saturated heterocycles. The van der Waals surface area contributed by atoms with Crippen LogP contribution in [0.15, 0.2) is 11.6 Å². The van der Waals surface area contributed by atoms with Gasteiger partial charge in [0.1, 0.15) is 85.5 Å². The van der Waals surface area contributed by atoms with Crippen molar-refractivity contribution < 1.29 is 109 Å². The Labute approximate surface area is 425 Å². The number of allylic oxidation sites excluding steroid dienone is 1. The van der Waals surface area contributed by atoms with E-state index in [1.54, 1.807) is 0 Å². The Bertz CT molecular complexity index is 1950. The molecule has 0 aromatic rings. The van der Waals surface area contributed by atoms with Gasteiger partial charge in [0.2, 0.25) is 0 Å². The minimum atomic E-state index is -1.93. The van der Waals surface area contributed by atoms with Gasteiger partial charge in [-0.15, -0.1) is 0 Å². The number of fused-ring (bicyclic) bond motifs is 7. The van der Waals surface area contributed by atoms with Gasteiger partial charge in [0.25, 0.3) is 0 Å². The Kier molecular flexibility index (Phi) is 15.7. The predicted molar refractivity (Wildman–Crippen MR) is 247 cm³/mol. The second-order valence-corrected chi connectivity index (χ2v) is 24.0. The van der Waals surface area contributed by atoms with Crippen LogP contribution in [0.1, 0.15) is 92.9 Å². The van der Waals surface area contributed by atoms with E-state index in [1.165, 1.54) is 19.4 Å². The van der Waals surface area contributed by atoms with Gasteiger partial charge in [-0.3, -0.25) is 0 Å². The van der Waals surface area contributed by atoms with Crippen LogP contribution in [0.3, 0.4) is 0 Å².